The summed E-state index contributed by atoms with van der Waals surface area (Å²) in [5.41, 5.74) is 0.698. The van der Waals surface area contributed by atoms with Crippen molar-refractivity contribution in [2.75, 3.05) is 11.9 Å². The SMILES string of the molecule is O=C(CCCN1C(=O)/C(=C/c2cccs2)SC1=S)Nc1ccc(Cl)cc1. The van der Waals surface area contributed by atoms with Crippen LogP contribution in [0.25, 0.3) is 6.08 Å². The van der Waals surface area contributed by atoms with Crippen molar-refractivity contribution in [2.45, 2.75) is 12.8 Å². The number of hydrogen-bond acceptors (Lipinski definition) is 5. The van der Waals surface area contributed by atoms with Gasteiger partial charge >= 0.3 is 0 Å². The Bertz CT molecular complexity index is 848. The van der Waals surface area contributed by atoms with Gasteiger partial charge in [0.1, 0.15) is 4.32 Å². The quantitative estimate of drug-likeness (QED) is 0.524. The summed E-state index contributed by atoms with van der Waals surface area (Å²) >= 11 is 14.0. The van der Waals surface area contributed by atoms with Crippen LogP contribution in [0.15, 0.2) is 46.7 Å². The molecule has 134 valence electrons. The molecule has 8 heteroatoms. The third-order valence-corrected chi connectivity index (χ3v) is 6.05. The van der Waals surface area contributed by atoms with E-state index in [1.165, 1.54) is 11.8 Å². The predicted octanol–water partition coefficient (Wildman–Crippen LogP) is 5.02. The molecule has 0 saturated carbocycles. The fourth-order valence-corrected chi connectivity index (χ4v) is 4.51. The van der Waals surface area contributed by atoms with Crippen molar-refractivity contribution in [3.8, 4) is 0 Å². The molecule has 1 N–H and O–H groups in total. The number of thioether (sulfide) groups is 1. The van der Waals surface area contributed by atoms with Gasteiger partial charge < -0.3 is 5.32 Å². The molecule has 2 amide bonds. The van der Waals surface area contributed by atoms with Crippen LogP contribution in [-0.2, 0) is 9.59 Å². The molecule has 1 fully saturated rings. The van der Waals surface area contributed by atoms with Crippen LogP contribution in [0.3, 0.4) is 0 Å². The number of thiophene rings is 1. The Morgan fingerprint density at radius 1 is 1.27 bits per heavy atom. The number of anilines is 1. The normalized spacial score (nSPS) is 15.7. The first-order valence-electron chi connectivity index (χ1n) is 7.87. The minimum atomic E-state index is -0.105. The van der Waals surface area contributed by atoms with E-state index in [9.17, 15) is 9.59 Å². The topological polar surface area (TPSA) is 49.4 Å². The van der Waals surface area contributed by atoms with Crippen molar-refractivity contribution in [2.24, 2.45) is 0 Å². The van der Waals surface area contributed by atoms with Gasteiger partial charge in [-0.15, -0.1) is 11.3 Å². The van der Waals surface area contributed by atoms with E-state index in [4.69, 9.17) is 23.8 Å². The standard InChI is InChI=1S/C18H15ClN2O2S3/c19-12-5-7-13(8-6-12)20-16(22)4-1-9-21-17(23)15(26-18(21)24)11-14-3-2-10-25-14/h2-3,5-8,10-11H,1,4,9H2,(H,20,22)/b15-11-. The average molecular weight is 423 g/mol. The summed E-state index contributed by atoms with van der Waals surface area (Å²) in [7, 11) is 0. The number of hydrogen-bond donors (Lipinski definition) is 1. The molecule has 1 aromatic heterocycles. The van der Waals surface area contributed by atoms with Crippen LogP contribution < -0.4 is 5.32 Å². The van der Waals surface area contributed by atoms with E-state index >= 15 is 0 Å². The summed E-state index contributed by atoms with van der Waals surface area (Å²) in [6.45, 7) is 0.431. The van der Waals surface area contributed by atoms with Crippen LogP contribution >= 0.6 is 46.9 Å². The maximum absolute atomic E-state index is 12.5. The average Bonchev–Trinajstić information content (AvgIpc) is 3.21. The lowest BCUT2D eigenvalue weighted by molar-refractivity contribution is -0.122. The van der Waals surface area contributed by atoms with Crippen molar-refractivity contribution in [1.82, 2.24) is 4.90 Å². The Kier molecular flexibility index (Phi) is 6.48. The Morgan fingerprint density at radius 2 is 2.04 bits per heavy atom. The Hall–Kier alpha value is -1.67. The molecule has 4 nitrogen and oxygen atoms in total. The van der Waals surface area contributed by atoms with Gasteiger partial charge in [0.05, 0.1) is 4.91 Å². The van der Waals surface area contributed by atoms with Crippen molar-refractivity contribution < 1.29 is 9.59 Å². The maximum Gasteiger partial charge on any atom is 0.266 e. The number of rotatable bonds is 6. The van der Waals surface area contributed by atoms with E-state index in [1.807, 2.05) is 23.6 Å². The summed E-state index contributed by atoms with van der Waals surface area (Å²) in [6, 6.07) is 10.8. The lowest BCUT2D eigenvalue weighted by Crippen LogP contribution is -2.29. The molecule has 2 heterocycles. The van der Waals surface area contributed by atoms with E-state index in [1.54, 1.807) is 40.5 Å². The summed E-state index contributed by atoms with van der Waals surface area (Å²) in [6.07, 6.45) is 2.71. The molecule has 1 saturated heterocycles. The van der Waals surface area contributed by atoms with Crippen LogP contribution in [-0.4, -0.2) is 27.6 Å². The van der Waals surface area contributed by atoms with Gasteiger partial charge in [0.15, 0.2) is 0 Å². The van der Waals surface area contributed by atoms with Crippen molar-refractivity contribution in [3.05, 3.63) is 56.6 Å². The Labute approximate surface area is 170 Å². The molecular formula is C18H15ClN2O2S3. The van der Waals surface area contributed by atoms with Crippen LogP contribution in [0.2, 0.25) is 5.02 Å². The first-order chi connectivity index (χ1) is 12.5. The maximum atomic E-state index is 12.5. The zero-order chi connectivity index (χ0) is 18.5. The summed E-state index contributed by atoms with van der Waals surface area (Å²) in [5, 5.41) is 5.39. The number of carbonyl (C=O) groups is 2. The van der Waals surface area contributed by atoms with Crippen molar-refractivity contribution in [1.29, 1.82) is 0 Å². The summed E-state index contributed by atoms with van der Waals surface area (Å²) < 4.78 is 0.538. The molecule has 0 atom stereocenters. The van der Waals surface area contributed by atoms with E-state index in [0.717, 1.165) is 4.88 Å². The third-order valence-electron chi connectivity index (χ3n) is 3.60. The smallest absolute Gasteiger partial charge is 0.266 e. The minimum Gasteiger partial charge on any atom is -0.326 e. The van der Waals surface area contributed by atoms with Crippen LogP contribution in [0.1, 0.15) is 17.7 Å². The molecule has 0 radical (unpaired) electrons. The largest absolute Gasteiger partial charge is 0.326 e. The van der Waals surface area contributed by atoms with Gasteiger partial charge in [0.25, 0.3) is 5.91 Å². The van der Waals surface area contributed by atoms with Gasteiger partial charge in [-0.05, 0) is 48.2 Å². The van der Waals surface area contributed by atoms with Gasteiger partial charge in [0.2, 0.25) is 5.91 Å². The predicted molar refractivity (Wildman–Crippen MR) is 114 cm³/mol. The minimum absolute atomic E-state index is 0.0912. The highest BCUT2D eigenvalue weighted by molar-refractivity contribution is 8.26. The summed E-state index contributed by atoms with van der Waals surface area (Å²) in [4.78, 5) is 27.7. The second-order valence-corrected chi connectivity index (χ2v) is 8.60. The number of nitrogens with zero attached hydrogens (tertiary/aromatic N) is 1. The molecule has 2 aromatic rings. The van der Waals surface area contributed by atoms with Gasteiger partial charge in [-0.1, -0.05) is 41.6 Å². The fraction of sp³-hybridized carbons (Fsp3) is 0.167. The molecule has 0 spiro atoms. The zero-order valence-electron chi connectivity index (χ0n) is 13.6. The molecule has 1 aromatic carbocycles. The van der Waals surface area contributed by atoms with Crippen molar-refractivity contribution >= 4 is 74.8 Å². The molecule has 1 aliphatic rings. The second-order valence-electron chi connectivity index (χ2n) is 5.51. The highest BCUT2D eigenvalue weighted by atomic mass is 35.5. The highest BCUT2D eigenvalue weighted by Crippen LogP contribution is 2.33. The number of halogens is 1. The van der Waals surface area contributed by atoms with Gasteiger partial charge in [-0.3, -0.25) is 14.5 Å². The number of carbonyl (C=O) groups excluding carboxylic acids is 2. The molecule has 0 aliphatic carbocycles. The fourth-order valence-electron chi connectivity index (χ4n) is 2.35. The second kappa shape index (κ2) is 8.81. The number of amides is 2. The van der Waals surface area contributed by atoms with Gasteiger partial charge in [-0.25, -0.2) is 0 Å². The molecule has 1 aliphatic heterocycles. The van der Waals surface area contributed by atoms with E-state index in [-0.39, 0.29) is 11.8 Å². The molecular weight excluding hydrogens is 408 g/mol. The molecule has 26 heavy (non-hydrogen) atoms. The van der Waals surface area contributed by atoms with Crippen LogP contribution in [0, 0.1) is 0 Å². The zero-order valence-corrected chi connectivity index (χ0v) is 16.8. The Balaban J connectivity index is 1.50. The number of benzene rings is 1. The molecule has 3 rings (SSSR count). The van der Waals surface area contributed by atoms with Crippen LogP contribution in [0.5, 0.6) is 0 Å². The molecule has 0 unspecified atom stereocenters. The third kappa shape index (κ3) is 4.94. The van der Waals surface area contributed by atoms with Gasteiger partial charge in [-0.2, -0.15) is 0 Å². The van der Waals surface area contributed by atoms with Crippen molar-refractivity contribution in [3.63, 3.8) is 0 Å². The number of nitrogens with one attached hydrogen (secondary N) is 1. The lowest BCUT2D eigenvalue weighted by Gasteiger charge is -2.14. The van der Waals surface area contributed by atoms with Gasteiger partial charge in [0, 0.05) is 28.6 Å². The summed E-state index contributed by atoms with van der Waals surface area (Å²) in [5.74, 6) is -0.196. The van der Waals surface area contributed by atoms with E-state index in [2.05, 4.69) is 5.32 Å². The first kappa shape index (κ1) is 19.1. The van der Waals surface area contributed by atoms with E-state index < -0.39 is 0 Å². The molecule has 0 bridgehead atoms. The first-order valence-corrected chi connectivity index (χ1v) is 10.4. The monoisotopic (exact) mass is 422 g/mol. The lowest BCUT2D eigenvalue weighted by atomic mass is 10.2. The number of thiocarbonyl (C=S) groups is 1. The van der Waals surface area contributed by atoms with E-state index in [0.29, 0.717) is 39.3 Å². The van der Waals surface area contributed by atoms with Crippen LogP contribution in [0.4, 0.5) is 5.69 Å². The Morgan fingerprint density at radius 3 is 2.73 bits per heavy atom. The highest BCUT2D eigenvalue weighted by Gasteiger charge is 2.31.